The van der Waals surface area contributed by atoms with Crippen LogP contribution in [0.4, 0.5) is 0 Å². The van der Waals surface area contributed by atoms with Gasteiger partial charge in [-0.25, -0.2) is 9.78 Å². The average Bonchev–Trinajstić information content (AvgIpc) is 2.87. The maximum absolute atomic E-state index is 10.8. The normalized spacial score (nSPS) is 10.1. The van der Waals surface area contributed by atoms with Crippen LogP contribution in [0, 0.1) is 0 Å². The number of imidazole rings is 1. The topological polar surface area (TPSA) is 54.6 Å². The van der Waals surface area contributed by atoms with E-state index >= 15 is 0 Å². The quantitative estimate of drug-likeness (QED) is 0.781. The molecule has 0 fully saturated rings. The fourth-order valence-corrected chi connectivity index (χ4v) is 1.97. The highest BCUT2D eigenvalue weighted by atomic mass is 35.5. The Hall–Kier alpha value is -2.33. The van der Waals surface area contributed by atoms with Crippen LogP contribution in [0.15, 0.2) is 55.0 Å². The van der Waals surface area contributed by atoms with Crippen molar-refractivity contribution in [1.82, 2.24) is 9.38 Å². The van der Waals surface area contributed by atoms with E-state index in [1.54, 1.807) is 36.8 Å². The molecule has 0 aliphatic rings. The number of aromatic nitrogens is 2. The summed E-state index contributed by atoms with van der Waals surface area (Å²) in [5.74, 6) is -0.914. The summed E-state index contributed by atoms with van der Waals surface area (Å²) >= 11 is 0. The van der Waals surface area contributed by atoms with Crippen molar-refractivity contribution in [1.29, 1.82) is 0 Å². The third kappa shape index (κ3) is 2.30. The van der Waals surface area contributed by atoms with E-state index in [1.165, 1.54) is 0 Å². The van der Waals surface area contributed by atoms with Gasteiger partial charge in [0.05, 0.1) is 29.3 Å². The Labute approximate surface area is 115 Å². The summed E-state index contributed by atoms with van der Waals surface area (Å²) in [6.07, 6.45) is 3.53. The number of pyridine rings is 1. The van der Waals surface area contributed by atoms with Crippen molar-refractivity contribution in [2.45, 2.75) is 0 Å². The summed E-state index contributed by atoms with van der Waals surface area (Å²) < 4.78 is 1.97. The van der Waals surface area contributed by atoms with Gasteiger partial charge in [0.1, 0.15) is 0 Å². The van der Waals surface area contributed by atoms with E-state index in [4.69, 9.17) is 5.11 Å². The zero-order valence-corrected chi connectivity index (χ0v) is 10.7. The lowest BCUT2D eigenvalue weighted by molar-refractivity contribution is 0.0697. The summed E-state index contributed by atoms with van der Waals surface area (Å²) in [6, 6.07) is 12.7. The largest absolute Gasteiger partial charge is 0.478 e. The zero-order chi connectivity index (χ0) is 12.5. The van der Waals surface area contributed by atoms with Gasteiger partial charge in [-0.15, -0.1) is 12.4 Å². The highest BCUT2D eigenvalue weighted by Gasteiger charge is 2.05. The first-order valence-electron chi connectivity index (χ1n) is 5.50. The Morgan fingerprint density at radius 3 is 2.53 bits per heavy atom. The van der Waals surface area contributed by atoms with Gasteiger partial charge in [0.2, 0.25) is 0 Å². The molecule has 0 aliphatic carbocycles. The lowest BCUT2D eigenvalue weighted by Gasteiger charge is -2.05. The summed E-state index contributed by atoms with van der Waals surface area (Å²) in [6.45, 7) is 0. The van der Waals surface area contributed by atoms with E-state index in [2.05, 4.69) is 4.98 Å². The smallest absolute Gasteiger partial charge is 0.335 e. The van der Waals surface area contributed by atoms with Crippen LogP contribution in [0.5, 0.6) is 0 Å². The minimum absolute atomic E-state index is 0. The number of carbonyl (C=O) groups is 1. The lowest BCUT2D eigenvalue weighted by Crippen LogP contribution is -1.96. The average molecular weight is 275 g/mol. The van der Waals surface area contributed by atoms with Crippen molar-refractivity contribution >= 4 is 23.9 Å². The Bertz CT molecular complexity index is 720. The summed E-state index contributed by atoms with van der Waals surface area (Å²) in [5.41, 5.74) is 3.25. The molecule has 5 heteroatoms. The molecule has 0 atom stereocenters. The highest BCUT2D eigenvalue weighted by molar-refractivity contribution is 5.88. The second-order valence-electron chi connectivity index (χ2n) is 3.98. The number of nitrogens with zero attached hydrogens (tertiary/aromatic N) is 2. The number of rotatable bonds is 2. The lowest BCUT2D eigenvalue weighted by atomic mass is 10.1. The van der Waals surface area contributed by atoms with Gasteiger partial charge in [0, 0.05) is 0 Å². The molecule has 1 aromatic carbocycles. The van der Waals surface area contributed by atoms with Crippen LogP contribution in [-0.2, 0) is 0 Å². The summed E-state index contributed by atoms with van der Waals surface area (Å²) in [5, 5.41) is 8.87. The molecule has 4 nitrogen and oxygen atoms in total. The van der Waals surface area contributed by atoms with Gasteiger partial charge >= 0.3 is 5.97 Å². The Kier molecular flexibility index (Phi) is 3.53. The van der Waals surface area contributed by atoms with Crippen LogP contribution in [0.2, 0.25) is 0 Å². The number of hydrogen-bond donors (Lipinski definition) is 1. The van der Waals surface area contributed by atoms with E-state index in [0.29, 0.717) is 0 Å². The van der Waals surface area contributed by atoms with Crippen molar-refractivity contribution in [3.8, 4) is 11.3 Å². The Morgan fingerprint density at radius 1 is 1.11 bits per heavy atom. The molecule has 3 rings (SSSR count). The van der Waals surface area contributed by atoms with Gasteiger partial charge in [0.15, 0.2) is 0 Å². The van der Waals surface area contributed by atoms with E-state index in [1.807, 2.05) is 22.6 Å². The zero-order valence-electron chi connectivity index (χ0n) is 9.85. The summed E-state index contributed by atoms with van der Waals surface area (Å²) in [4.78, 5) is 14.9. The number of aromatic carboxylic acids is 1. The van der Waals surface area contributed by atoms with E-state index in [0.717, 1.165) is 16.8 Å². The van der Waals surface area contributed by atoms with Crippen LogP contribution in [0.25, 0.3) is 16.8 Å². The van der Waals surface area contributed by atoms with Crippen LogP contribution < -0.4 is 0 Å². The second kappa shape index (κ2) is 5.12. The maximum Gasteiger partial charge on any atom is 0.335 e. The highest BCUT2D eigenvalue weighted by Crippen LogP contribution is 2.21. The van der Waals surface area contributed by atoms with Crippen molar-refractivity contribution in [3.05, 3.63) is 60.6 Å². The Balaban J connectivity index is 0.00000133. The van der Waals surface area contributed by atoms with E-state index in [9.17, 15) is 4.79 Å². The molecule has 0 amide bonds. The van der Waals surface area contributed by atoms with Crippen LogP contribution in [-0.4, -0.2) is 20.5 Å². The fraction of sp³-hybridized carbons (Fsp3) is 0. The molecular weight excluding hydrogens is 264 g/mol. The first kappa shape index (κ1) is 13.1. The van der Waals surface area contributed by atoms with Crippen LogP contribution >= 0.6 is 12.4 Å². The molecule has 2 heterocycles. The summed E-state index contributed by atoms with van der Waals surface area (Å²) in [7, 11) is 0. The van der Waals surface area contributed by atoms with E-state index in [-0.39, 0.29) is 18.0 Å². The van der Waals surface area contributed by atoms with Gasteiger partial charge in [-0.2, -0.15) is 0 Å². The number of carboxylic acids is 1. The minimum atomic E-state index is -0.914. The van der Waals surface area contributed by atoms with Gasteiger partial charge in [-0.1, -0.05) is 18.2 Å². The molecule has 2 aromatic heterocycles. The van der Waals surface area contributed by atoms with Gasteiger partial charge in [-0.3, -0.25) is 4.40 Å². The molecular formula is C14H11ClN2O2. The first-order chi connectivity index (χ1) is 8.75. The SMILES string of the molecule is Cl.O=C(O)c1ccc(-c2cccc3cncn23)cc1. The number of benzene rings is 1. The number of carboxylic acid groups (broad SMARTS) is 1. The monoisotopic (exact) mass is 274 g/mol. The molecule has 1 N–H and O–H groups in total. The van der Waals surface area contributed by atoms with Crippen molar-refractivity contribution in [3.63, 3.8) is 0 Å². The van der Waals surface area contributed by atoms with E-state index < -0.39 is 5.97 Å². The third-order valence-corrected chi connectivity index (χ3v) is 2.88. The van der Waals surface area contributed by atoms with Gasteiger partial charge < -0.3 is 5.11 Å². The number of halogens is 1. The number of hydrogen-bond acceptors (Lipinski definition) is 2. The predicted octanol–water partition coefficient (Wildman–Crippen LogP) is 3.12. The molecule has 0 spiro atoms. The fourth-order valence-electron chi connectivity index (χ4n) is 1.97. The molecule has 0 radical (unpaired) electrons. The van der Waals surface area contributed by atoms with Crippen molar-refractivity contribution in [2.75, 3.05) is 0 Å². The molecule has 0 bridgehead atoms. The van der Waals surface area contributed by atoms with Gasteiger partial charge in [0.25, 0.3) is 0 Å². The molecule has 0 saturated heterocycles. The van der Waals surface area contributed by atoms with Crippen LogP contribution in [0.3, 0.4) is 0 Å². The van der Waals surface area contributed by atoms with Gasteiger partial charge in [-0.05, 0) is 29.8 Å². The first-order valence-corrected chi connectivity index (χ1v) is 5.50. The Morgan fingerprint density at radius 2 is 1.84 bits per heavy atom. The second-order valence-corrected chi connectivity index (χ2v) is 3.98. The van der Waals surface area contributed by atoms with Crippen LogP contribution in [0.1, 0.15) is 10.4 Å². The number of fused-ring (bicyclic) bond motifs is 1. The van der Waals surface area contributed by atoms with Crippen molar-refractivity contribution < 1.29 is 9.90 Å². The predicted molar refractivity (Wildman–Crippen MR) is 74.8 cm³/mol. The molecule has 19 heavy (non-hydrogen) atoms. The molecule has 0 aliphatic heterocycles. The molecule has 96 valence electrons. The molecule has 0 saturated carbocycles. The minimum Gasteiger partial charge on any atom is -0.478 e. The standard InChI is InChI=1S/C14H10N2O2.ClH/c17-14(18)11-6-4-10(5-7-11)13-3-1-2-12-8-15-9-16(12)13;/h1-9H,(H,17,18);1H. The molecule has 3 aromatic rings. The molecule has 0 unspecified atom stereocenters. The maximum atomic E-state index is 10.8. The van der Waals surface area contributed by atoms with Crippen molar-refractivity contribution in [2.24, 2.45) is 0 Å². The third-order valence-electron chi connectivity index (χ3n) is 2.88.